The normalized spacial score (nSPS) is 12.4. The molecule has 1 aromatic heterocycles. The highest BCUT2D eigenvalue weighted by molar-refractivity contribution is 9.11. The summed E-state index contributed by atoms with van der Waals surface area (Å²) >= 11 is 8.78. The Labute approximate surface area is 145 Å². The smallest absolute Gasteiger partial charge is 0.133 e. The van der Waals surface area contributed by atoms with Crippen molar-refractivity contribution < 1.29 is 9.47 Å². The third kappa shape index (κ3) is 4.53. The molecule has 0 radical (unpaired) electrons. The average Bonchev–Trinajstić information content (AvgIpc) is 2.88. The summed E-state index contributed by atoms with van der Waals surface area (Å²) in [5, 5.41) is 5.51. The van der Waals surface area contributed by atoms with Gasteiger partial charge in [0, 0.05) is 7.11 Å². The molecule has 0 saturated heterocycles. The molecule has 1 N–H and O–H groups in total. The van der Waals surface area contributed by atoms with Gasteiger partial charge < -0.3 is 14.8 Å². The fraction of sp³-hybridized carbons (Fsp3) is 0.333. The predicted molar refractivity (Wildman–Crippen MR) is 94.4 cm³/mol. The first-order valence-corrected chi connectivity index (χ1v) is 8.94. The van der Waals surface area contributed by atoms with Crippen molar-refractivity contribution in [2.24, 2.45) is 0 Å². The molecular weight excluding hydrogens is 418 g/mol. The van der Waals surface area contributed by atoms with E-state index in [0.717, 1.165) is 14.0 Å². The van der Waals surface area contributed by atoms with Crippen LogP contribution in [0.1, 0.15) is 17.2 Å². The number of methoxy groups -OCH3 is 1. The Hall–Kier alpha value is -0.400. The fourth-order valence-corrected chi connectivity index (χ4v) is 3.76. The highest BCUT2D eigenvalue weighted by Crippen LogP contribution is 2.33. The van der Waals surface area contributed by atoms with Gasteiger partial charge in [-0.05, 0) is 73.6 Å². The van der Waals surface area contributed by atoms with E-state index < -0.39 is 0 Å². The minimum Gasteiger partial charge on any atom is -0.490 e. The van der Waals surface area contributed by atoms with E-state index in [1.807, 2.05) is 13.1 Å². The number of hydrogen-bond donors (Lipinski definition) is 1. The number of nitrogens with one attached hydrogen (secondary N) is 1. The quantitative estimate of drug-likeness (QED) is 0.645. The first kappa shape index (κ1) is 17.0. The lowest BCUT2D eigenvalue weighted by molar-refractivity contribution is 0.146. The van der Waals surface area contributed by atoms with Crippen LogP contribution in [-0.2, 0) is 4.74 Å². The van der Waals surface area contributed by atoms with Crippen LogP contribution in [0.4, 0.5) is 0 Å². The Morgan fingerprint density at radius 1 is 1.19 bits per heavy atom. The second kappa shape index (κ2) is 8.29. The lowest BCUT2D eigenvalue weighted by Gasteiger charge is -2.17. The lowest BCUT2D eigenvalue weighted by atomic mass is 10.0. The van der Waals surface area contributed by atoms with Crippen molar-refractivity contribution >= 4 is 43.2 Å². The van der Waals surface area contributed by atoms with Crippen molar-refractivity contribution in [3.05, 3.63) is 49.0 Å². The zero-order valence-corrected chi connectivity index (χ0v) is 15.8. The number of halogens is 2. The van der Waals surface area contributed by atoms with Crippen molar-refractivity contribution in [3.63, 3.8) is 0 Å². The minimum atomic E-state index is 0.164. The van der Waals surface area contributed by atoms with Gasteiger partial charge in [-0.2, -0.15) is 0 Å². The van der Waals surface area contributed by atoms with Crippen molar-refractivity contribution in [2.45, 2.75) is 6.04 Å². The van der Waals surface area contributed by atoms with E-state index in [9.17, 15) is 0 Å². The molecule has 2 rings (SSSR count). The molecule has 1 unspecified atom stereocenters. The first-order valence-electron chi connectivity index (χ1n) is 6.48. The van der Waals surface area contributed by atoms with Gasteiger partial charge in [0.05, 0.1) is 20.9 Å². The average molecular weight is 435 g/mol. The standard InChI is InChI=1S/C15H17Br2NO2S/c1-18-15(11-8-14(17)21-9-11)10-3-4-13(12(16)7-10)20-6-5-19-2/h3-4,7-9,15,18H,5-6H2,1-2H3. The van der Waals surface area contributed by atoms with E-state index in [1.165, 1.54) is 11.1 Å². The van der Waals surface area contributed by atoms with Crippen LogP contribution >= 0.6 is 43.2 Å². The van der Waals surface area contributed by atoms with Crippen molar-refractivity contribution in [2.75, 3.05) is 27.4 Å². The molecule has 0 spiro atoms. The summed E-state index contributed by atoms with van der Waals surface area (Å²) < 4.78 is 12.7. The van der Waals surface area contributed by atoms with Crippen LogP contribution in [-0.4, -0.2) is 27.4 Å². The van der Waals surface area contributed by atoms with Crippen LogP contribution in [0.15, 0.2) is 37.9 Å². The molecule has 114 valence electrons. The van der Waals surface area contributed by atoms with Gasteiger partial charge >= 0.3 is 0 Å². The lowest BCUT2D eigenvalue weighted by Crippen LogP contribution is -2.17. The maximum absolute atomic E-state index is 5.66. The molecule has 0 aliphatic carbocycles. The number of thiophene rings is 1. The zero-order valence-electron chi connectivity index (χ0n) is 11.9. The number of hydrogen-bond acceptors (Lipinski definition) is 4. The summed E-state index contributed by atoms with van der Waals surface area (Å²) in [6, 6.07) is 8.47. The molecule has 1 atom stereocenters. The number of rotatable bonds is 7. The Kier molecular flexibility index (Phi) is 6.70. The Morgan fingerprint density at radius 2 is 2.00 bits per heavy atom. The summed E-state index contributed by atoms with van der Waals surface area (Å²) in [4.78, 5) is 0. The Morgan fingerprint density at radius 3 is 2.57 bits per heavy atom. The largest absolute Gasteiger partial charge is 0.490 e. The molecule has 6 heteroatoms. The van der Waals surface area contributed by atoms with E-state index in [-0.39, 0.29) is 6.04 Å². The molecule has 2 aromatic rings. The van der Waals surface area contributed by atoms with Gasteiger partial charge in [-0.3, -0.25) is 0 Å². The van der Waals surface area contributed by atoms with Crippen LogP contribution in [0.5, 0.6) is 5.75 Å². The number of ether oxygens (including phenoxy) is 2. The Bertz CT molecular complexity index is 589. The van der Waals surface area contributed by atoms with Crippen LogP contribution in [0.25, 0.3) is 0 Å². The van der Waals surface area contributed by atoms with Gasteiger partial charge in [-0.1, -0.05) is 6.07 Å². The molecule has 0 aliphatic heterocycles. The minimum absolute atomic E-state index is 0.164. The van der Waals surface area contributed by atoms with Gasteiger partial charge in [0.15, 0.2) is 0 Å². The third-order valence-electron chi connectivity index (χ3n) is 3.04. The van der Waals surface area contributed by atoms with Gasteiger partial charge in [0.2, 0.25) is 0 Å². The second-order valence-electron chi connectivity index (χ2n) is 4.44. The van der Waals surface area contributed by atoms with E-state index in [1.54, 1.807) is 18.4 Å². The molecule has 0 bridgehead atoms. The van der Waals surface area contributed by atoms with Gasteiger partial charge in [-0.25, -0.2) is 0 Å². The van der Waals surface area contributed by atoms with Crippen LogP contribution in [0.3, 0.4) is 0 Å². The van der Waals surface area contributed by atoms with Crippen LogP contribution in [0, 0.1) is 0 Å². The molecule has 1 heterocycles. The predicted octanol–water partition coefficient (Wildman–Crippen LogP) is 4.61. The maximum Gasteiger partial charge on any atom is 0.133 e. The van der Waals surface area contributed by atoms with E-state index in [4.69, 9.17) is 9.47 Å². The molecule has 0 aliphatic rings. The van der Waals surface area contributed by atoms with E-state index in [0.29, 0.717) is 13.2 Å². The molecule has 0 amide bonds. The zero-order chi connectivity index (χ0) is 15.2. The molecule has 0 fully saturated rings. The van der Waals surface area contributed by atoms with Gasteiger partial charge in [0.25, 0.3) is 0 Å². The SMILES string of the molecule is CNC(c1csc(Br)c1)c1ccc(OCCOC)c(Br)c1. The topological polar surface area (TPSA) is 30.5 Å². The highest BCUT2D eigenvalue weighted by Gasteiger charge is 2.15. The van der Waals surface area contributed by atoms with Gasteiger partial charge in [-0.15, -0.1) is 11.3 Å². The number of benzene rings is 1. The van der Waals surface area contributed by atoms with E-state index >= 15 is 0 Å². The molecule has 3 nitrogen and oxygen atoms in total. The molecular formula is C15H17Br2NO2S. The van der Waals surface area contributed by atoms with E-state index in [2.05, 4.69) is 60.8 Å². The summed E-state index contributed by atoms with van der Waals surface area (Å²) in [6.07, 6.45) is 0. The second-order valence-corrected chi connectivity index (χ2v) is 7.58. The molecule has 0 saturated carbocycles. The third-order valence-corrected chi connectivity index (χ3v) is 5.19. The van der Waals surface area contributed by atoms with Crippen molar-refractivity contribution in [3.8, 4) is 5.75 Å². The molecule has 21 heavy (non-hydrogen) atoms. The maximum atomic E-state index is 5.66. The van der Waals surface area contributed by atoms with Crippen molar-refractivity contribution in [1.82, 2.24) is 5.32 Å². The van der Waals surface area contributed by atoms with Crippen LogP contribution < -0.4 is 10.1 Å². The first-order chi connectivity index (χ1) is 10.2. The summed E-state index contributed by atoms with van der Waals surface area (Å²) in [6.45, 7) is 1.12. The van der Waals surface area contributed by atoms with Crippen LogP contribution in [0.2, 0.25) is 0 Å². The summed E-state index contributed by atoms with van der Waals surface area (Å²) in [5.74, 6) is 0.831. The monoisotopic (exact) mass is 433 g/mol. The van der Waals surface area contributed by atoms with Crippen molar-refractivity contribution in [1.29, 1.82) is 0 Å². The summed E-state index contributed by atoms with van der Waals surface area (Å²) in [5.41, 5.74) is 2.43. The fourth-order valence-electron chi connectivity index (χ4n) is 2.05. The molecule has 1 aromatic carbocycles. The van der Waals surface area contributed by atoms with Gasteiger partial charge in [0.1, 0.15) is 12.4 Å². The Balaban J connectivity index is 2.17. The highest BCUT2D eigenvalue weighted by atomic mass is 79.9. The summed E-state index contributed by atoms with van der Waals surface area (Å²) in [7, 11) is 3.63.